The Morgan fingerprint density at radius 3 is 2.78 bits per heavy atom. The lowest BCUT2D eigenvalue weighted by atomic mass is 9.83. The summed E-state index contributed by atoms with van der Waals surface area (Å²) >= 11 is 7.81. The minimum absolute atomic E-state index is 0.103. The van der Waals surface area contributed by atoms with E-state index in [-0.39, 0.29) is 41.4 Å². The molecule has 1 fully saturated rings. The number of hydrogen-bond donors (Lipinski definition) is 3. The van der Waals surface area contributed by atoms with Crippen molar-refractivity contribution in [3.05, 3.63) is 74.7 Å². The van der Waals surface area contributed by atoms with Gasteiger partial charge in [-0.1, -0.05) is 35.9 Å². The fraction of sp³-hybridized carbons (Fsp3) is 0.375. The van der Waals surface area contributed by atoms with Crippen LogP contribution in [0.4, 0.5) is 0 Å². The highest BCUT2D eigenvalue weighted by Gasteiger charge is 2.37. The van der Waals surface area contributed by atoms with E-state index >= 15 is 0 Å². The highest BCUT2D eigenvalue weighted by molar-refractivity contribution is 8.22. The molecule has 3 aromatic heterocycles. The van der Waals surface area contributed by atoms with Crippen molar-refractivity contribution in [1.82, 2.24) is 24.3 Å². The molecule has 2 aromatic carbocycles. The maximum absolute atomic E-state index is 12.4. The number of hydrogen-bond acceptors (Lipinski definition) is 9. The summed E-state index contributed by atoms with van der Waals surface area (Å²) in [5.41, 5.74) is 6.57. The van der Waals surface area contributed by atoms with Gasteiger partial charge in [-0.05, 0) is 88.9 Å². The van der Waals surface area contributed by atoms with Crippen molar-refractivity contribution in [3.8, 4) is 5.88 Å². The number of fused-ring (bicyclic) bond motifs is 3. The molecule has 2 atom stereocenters. The van der Waals surface area contributed by atoms with Gasteiger partial charge in [0.05, 0.1) is 23.5 Å². The van der Waals surface area contributed by atoms with Crippen molar-refractivity contribution in [2.45, 2.75) is 68.9 Å². The van der Waals surface area contributed by atoms with Gasteiger partial charge >= 0.3 is 5.97 Å². The van der Waals surface area contributed by atoms with Gasteiger partial charge in [-0.2, -0.15) is 4.31 Å². The Kier molecular flexibility index (Phi) is 7.78. The van der Waals surface area contributed by atoms with Crippen LogP contribution in [0.2, 0.25) is 5.02 Å². The first-order valence-corrected chi connectivity index (χ1v) is 17.7. The zero-order chi connectivity index (χ0) is 31.6. The smallest absolute Gasteiger partial charge is 0.304 e. The molecule has 0 saturated heterocycles. The van der Waals surface area contributed by atoms with Gasteiger partial charge in [0.25, 0.3) is 0 Å². The van der Waals surface area contributed by atoms with Crippen LogP contribution in [0.1, 0.15) is 72.3 Å². The average molecular weight is 668 g/mol. The molecule has 1 aliphatic carbocycles. The second kappa shape index (κ2) is 11.5. The summed E-state index contributed by atoms with van der Waals surface area (Å²) in [4.78, 5) is 16.8. The zero-order valence-electron chi connectivity index (χ0n) is 25.1. The highest BCUT2D eigenvalue weighted by Crippen LogP contribution is 2.58. The molecule has 0 amide bonds. The number of benzene rings is 2. The van der Waals surface area contributed by atoms with Gasteiger partial charge in [0.2, 0.25) is 5.88 Å². The van der Waals surface area contributed by atoms with E-state index in [0.29, 0.717) is 12.3 Å². The lowest BCUT2D eigenvalue weighted by molar-refractivity contribution is -0.137. The van der Waals surface area contributed by atoms with Crippen LogP contribution in [0.25, 0.3) is 21.1 Å². The highest BCUT2D eigenvalue weighted by atomic mass is 35.5. The monoisotopic (exact) mass is 667 g/mol. The normalized spacial score (nSPS) is 19.6. The average Bonchev–Trinajstić information content (AvgIpc) is 3.63. The maximum Gasteiger partial charge on any atom is 0.304 e. The summed E-state index contributed by atoms with van der Waals surface area (Å²) < 4.78 is 33.9. The van der Waals surface area contributed by atoms with E-state index in [4.69, 9.17) is 16.3 Å². The quantitative estimate of drug-likeness (QED) is 0.152. The van der Waals surface area contributed by atoms with Gasteiger partial charge < -0.3 is 9.84 Å². The maximum atomic E-state index is 12.4. The first-order valence-electron chi connectivity index (χ1n) is 14.9. The molecule has 10 nitrogen and oxygen atoms in total. The van der Waals surface area contributed by atoms with E-state index in [9.17, 15) is 19.0 Å². The van der Waals surface area contributed by atoms with Crippen molar-refractivity contribution in [2.24, 2.45) is 7.05 Å². The summed E-state index contributed by atoms with van der Waals surface area (Å²) in [5.74, 6) is -0.762. The molecule has 45 heavy (non-hydrogen) atoms. The van der Waals surface area contributed by atoms with Gasteiger partial charge in [0.15, 0.2) is 0 Å². The molecule has 13 heteroatoms. The number of halogens is 1. The van der Waals surface area contributed by atoms with Crippen LogP contribution in [-0.2, 0) is 18.4 Å². The summed E-state index contributed by atoms with van der Waals surface area (Å²) in [6.07, 6.45) is 3.83. The number of aryl methyl sites for hydroxylation is 2. The number of nitrogens with zero attached hydrogens (tertiary/aromatic N) is 5. The van der Waals surface area contributed by atoms with E-state index in [1.54, 1.807) is 15.6 Å². The number of aromatic nitrogens is 4. The largest absolute Gasteiger partial charge is 0.481 e. The van der Waals surface area contributed by atoms with E-state index in [0.717, 1.165) is 56.2 Å². The first kappa shape index (κ1) is 30.4. The molecular formula is C32H34ClN5O5S2. The van der Waals surface area contributed by atoms with Crippen LogP contribution in [0.5, 0.6) is 5.88 Å². The molecule has 0 radical (unpaired) electrons. The number of carbonyl (C=O) groups is 1. The second-order valence-electron chi connectivity index (χ2n) is 12.0. The van der Waals surface area contributed by atoms with Crippen molar-refractivity contribution in [2.75, 3.05) is 6.54 Å². The standard InChI is InChI=1S/C32H34ClN5O5S2/c1-4-23-16-38(45(41,42)27-11-22(33)14-34-32(27)43-23)15-21-10-20(9-19-7-8-44-31(19)21)25(13-28(39)40)24-12-26(18-5-6-18)30-29(17(24)2)35-36-37(30)3/h7-12,14,18,23,25,41-42H,4-6,13,15-16H2,1-3H3,(H,39,40)/t23-,25-/m1/s1. The van der Waals surface area contributed by atoms with Crippen molar-refractivity contribution >= 4 is 60.8 Å². The van der Waals surface area contributed by atoms with E-state index in [2.05, 4.69) is 27.4 Å². The van der Waals surface area contributed by atoms with Gasteiger partial charge in [-0.3, -0.25) is 13.9 Å². The van der Waals surface area contributed by atoms with Gasteiger partial charge in [0.1, 0.15) is 16.5 Å². The lowest BCUT2D eigenvalue weighted by Crippen LogP contribution is -2.34. The van der Waals surface area contributed by atoms with Crippen molar-refractivity contribution in [1.29, 1.82) is 0 Å². The molecule has 0 spiro atoms. The molecule has 0 bridgehead atoms. The summed E-state index contributed by atoms with van der Waals surface area (Å²) in [6, 6.07) is 9.80. The predicted molar refractivity (Wildman–Crippen MR) is 177 cm³/mol. The number of pyridine rings is 1. The number of thiophene rings is 1. The van der Waals surface area contributed by atoms with E-state index < -0.39 is 22.7 Å². The fourth-order valence-corrected chi connectivity index (χ4v) is 9.18. The zero-order valence-corrected chi connectivity index (χ0v) is 27.5. The van der Waals surface area contributed by atoms with Crippen LogP contribution < -0.4 is 4.74 Å². The first-order chi connectivity index (χ1) is 21.5. The van der Waals surface area contributed by atoms with Crippen LogP contribution >= 0.6 is 33.7 Å². The fourth-order valence-electron chi connectivity index (χ4n) is 6.48. The molecule has 5 aromatic rings. The SMILES string of the molecule is CC[C@@H]1CN(Cc2cc([C@@H](CC(=O)O)c3cc(C4CC4)c4c(nnn4C)c3C)cc3ccsc23)S(O)(O)c2cc(Cl)cnc2O1. The second-order valence-corrected chi connectivity index (χ2v) is 15.3. The molecule has 236 valence electrons. The number of ether oxygens (including phenoxy) is 1. The van der Waals surface area contributed by atoms with E-state index in [1.165, 1.54) is 17.8 Å². The van der Waals surface area contributed by atoms with Gasteiger partial charge in [0, 0.05) is 30.4 Å². The third-order valence-corrected chi connectivity index (χ3v) is 12.0. The molecule has 2 aliphatic rings. The van der Waals surface area contributed by atoms with Crippen molar-refractivity contribution in [3.63, 3.8) is 0 Å². The molecule has 0 unspecified atom stereocenters. The van der Waals surface area contributed by atoms with Gasteiger partial charge in [-0.25, -0.2) is 9.67 Å². The Morgan fingerprint density at radius 1 is 1.24 bits per heavy atom. The Hall–Kier alpha value is -3.26. The Morgan fingerprint density at radius 2 is 2.04 bits per heavy atom. The van der Waals surface area contributed by atoms with Gasteiger partial charge in [-0.15, -0.1) is 27.2 Å². The Bertz CT molecular complexity index is 1960. The van der Waals surface area contributed by atoms with Crippen LogP contribution in [0.3, 0.4) is 0 Å². The molecule has 4 heterocycles. The number of carboxylic acids is 1. The van der Waals surface area contributed by atoms with Crippen LogP contribution in [0.15, 0.2) is 46.8 Å². The van der Waals surface area contributed by atoms with Crippen LogP contribution in [-0.4, -0.2) is 57.1 Å². The molecule has 7 rings (SSSR count). The predicted octanol–water partition coefficient (Wildman–Crippen LogP) is 7.72. The topological polar surface area (TPSA) is 134 Å². The van der Waals surface area contributed by atoms with E-state index in [1.807, 2.05) is 43.1 Å². The number of rotatable bonds is 8. The Balaban J connectivity index is 1.36. The number of aliphatic carboxylic acids is 1. The number of carboxylic acid groups (broad SMARTS) is 1. The summed E-state index contributed by atoms with van der Waals surface area (Å²) in [5, 5.41) is 22.2. The van der Waals surface area contributed by atoms with Crippen LogP contribution in [0, 0.1) is 6.92 Å². The Labute approximate surface area is 271 Å². The third kappa shape index (κ3) is 5.47. The lowest BCUT2D eigenvalue weighted by Gasteiger charge is -2.41. The molecular weight excluding hydrogens is 634 g/mol. The summed E-state index contributed by atoms with van der Waals surface area (Å²) in [6.45, 7) is 4.44. The molecule has 3 N–H and O–H groups in total. The molecule has 1 saturated carbocycles. The molecule has 1 aliphatic heterocycles. The third-order valence-electron chi connectivity index (χ3n) is 8.95. The van der Waals surface area contributed by atoms with Crippen molar-refractivity contribution < 1.29 is 23.7 Å². The minimum Gasteiger partial charge on any atom is -0.481 e. The summed E-state index contributed by atoms with van der Waals surface area (Å²) in [7, 11) is -1.62. The minimum atomic E-state index is -3.52.